The minimum atomic E-state index is 0.294. The second kappa shape index (κ2) is 4.97. The third-order valence-corrected chi connectivity index (χ3v) is 4.47. The first-order valence-corrected chi connectivity index (χ1v) is 7.35. The Labute approximate surface area is 104 Å². The van der Waals surface area contributed by atoms with E-state index in [4.69, 9.17) is 0 Å². The fraction of sp³-hybridized carbons (Fsp3) is 0.929. The van der Waals surface area contributed by atoms with Crippen molar-refractivity contribution in [2.75, 3.05) is 6.54 Å². The molecule has 3 heteroatoms. The molecule has 3 fully saturated rings. The van der Waals surface area contributed by atoms with Crippen molar-refractivity contribution < 1.29 is 4.79 Å². The summed E-state index contributed by atoms with van der Waals surface area (Å²) in [5.74, 6) is 1.93. The quantitative estimate of drug-likeness (QED) is 0.738. The Hall–Kier alpha value is -0.570. The summed E-state index contributed by atoms with van der Waals surface area (Å²) in [6.07, 6.45) is 9.62. The van der Waals surface area contributed by atoms with Crippen molar-refractivity contribution in [2.24, 2.45) is 11.8 Å². The van der Waals surface area contributed by atoms with E-state index in [1.807, 2.05) is 0 Å². The van der Waals surface area contributed by atoms with Gasteiger partial charge < -0.3 is 10.6 Å². The molecule has 1 amide bonds. The topological polar surface area (TPSA) is 41.1 Å². The Morgan fingerprint density at radius 1 is 1.18 bits per heavy atom. The molecule has 1 aliphatic heterocycles. The fourth-order valence-corrected chi connectivity index (χ4v) is 3.10. The Kier molecular flexibility index (Phi) is 3.37. The Morgan fingerprint density at radius 3 is 2.41 bits per heavy atom. The van der Waals surface area contributed by atoms with Crippen LogP contribution >= 0.6 is 0 Å². The summed E-state index contributed by atoms with van der Waals surface area (Å²) in [4.78, 5) is 11.9. The van der Waals surface area contributed by atoms with Gasteiger partial charge in [-0.05, 0) is 63.3 Å². The van der Waals surface area contributed by atoms with Crippen molar-refractivity contribution in [1.29, 1.82) is 0 Å². The minimum Gasteiger partial charge on any atom is -0.353 e. The molecule has 0 aromatic rings. The van der Waals surface area contributed by atoms with Gasteiger partial charge in [-0.1, -0.05) is 0 Å². The molecule has 0 radical (unpaired) electrons. The first kappa shape index (κ1) is 11.5. The van der Waals surface area contributed by atoms with Crippen LogP contribution in [0.1, 0.15) is 51.4 Å². The summed E-state index contributed by atoms with van der Waals surface area (Å²) in [6.45, 7) is 1.14. The average Bonchev–Trinajstić information content (AvgIpc) is 3.24. The van der Waals surface area contributed by atoms with Gasteiger partial charge in [0.15, 0.2) is 0 Å². The lowest BCUT2D eigenvalue weighted by molar-refractivity contribution is -0.122. The van der Waals surface area contributed by atoms with E-state index in [1.165, 1.54) is 38.5 Å². The van der Waals surface area contributed by atoms with Crippen molar-refractivity contribution in [3.8, 4) is 0 Å². The molecule has 2 saturated carbocycles. The van der Waals surface area contributed by atoms with Gasteiger partial charge in [-0.3, -0.25) is 4.79 Å². The first-order valence-electron chi connectivity index (χ1n) is 7.35. The van der Waals surface area contributed by atoms with E-state index < -0.39 is 0 Å². The highest BCUT2D eigenvalue weighted by Crippen LogP contribution is 2.44. The highest BCUT2D eigenvalue weighted by molar-refractivity contribution is 5.76. The number of hydrogen-bond acceptors (Lipinski definition) is 2. The van der Waals surface area contributed by atoms with Gasteiger partial charge in [0, 0.05) is 18.5 Å². The summed E-state index contributed by atoms with van der Waals surface area (Å²) >= 11 is 0. The number of carbonyl (C=O) groups excluding carboxylic acids is 1. The monoisotopic (exact) mass is 236 g/mol. The van der Waals surface area contributed by atoms with Gasteiger partial charge in [0.25, 0.3) is 0 Å². The van der Waals surface area contributed by atoms with Gasteiger partial charge in [0.1, 0.15) is 0 Å². The predicted octanol–water partition coefficient (Wildman–Crippen LogP) is 1.82. The van der Waals surface area contributed by atoms with Crippen LogP contribution in [0.3, 0.4) is 0 Å². The summed E-state index contributed by atoms with van der Waals surface area (Å²) in [5.41, 5.74) is 0. The first-order chi connectivity index (χ1) is 8.33. The van der Waals surface area contributed by atoms with Gasteiger partial charge in [-0.2, -0.15) is 0 Å². The molecule has 0 aromatic carbocycles. The van der Waals surface area contributed by atoms with Crippen LogP contribution in [-0.2, 0) is 4.79 Å². The molecule has 3 aliphatic rings. The van der Waals surface area contributed by atoms with Crippen LogP contribution in [0, 0.1) is 11.8 Å². The second-order valence-corrected chi connectivity index (χ2v) is 6.10. The van der Waals surface area contributed by atoms with Crippen LogP contribution in [0.4, 0.5) is 0 Å². The normalized spacial score (nSPS) is 28.6. The Morgan fingerprint density at radius 2 is 1.88 bits per heavy atom. The lowest BCUT2D eigenvalue weighted by atomic mass is 10.1. The standard InChI is InChI=1S/C14H24N2O/c17-13(8-7-12-2-1-9-15-12)16-14(10-3-4-10)11-5-6-11/h10-12,14-15H,1-9H2,(H,16,17). The van der Waals surface area contributed by atoms with Crippen molar-refractivity contribution in [1.82, 2.24) is 10.6 Å². The fourth-order valence-electron chi connectivity index (χ4n) is 3.10. The van der Waals surface area contributed by atoms with Crippen LogP contribution in [0.15, 0.2) is 0 Å². The molecule has 17 heavy (non-hydrogen) atoms. The molecule has 3 nitrogen and oxygen atoms in total. The maximum absolute atomic E-state index is 11.9. The van der Waals surface area contributed by atoms with Gasteiger partial charge >= 0.3 is 0 Å². The highest BCUT2D eigenvalue weighted by Gasteiger charge is 2.42. The van der Waals surface area contributed by atoms with Gasteiger partial charge in [0.05, 0.1) is 0 Å². The molecule has 0 bridgehead atoms. The zero-order chi connectivity index (χ0) is 11.7. The molecule has 0 aromatic heterocycles. The third-order valence-electron chi connectivity index (χ3n) is 4.47. The van der Waals surface area contributed by atoms with Crippen LogP contribution in [0.2, 0.25) is 0 Å². The number of hydrogen-bond donors (Lipinski definition) is 2. The molecule has 96 valence electrons. The van der Waals surface area contributed by atoms with Gasteiger partial charge in [-0.25, -0.2) is 0 Å². The highest BCUT2D eigenvalue weighted by atomic mass is 16.1. The molecular weight excluding hydrogens is 212 g/mol. The molecule has 0 spiro atoms. The van der Waals surface area contributed by atoms with Gasteiger partial charge in [-0.15, -0.1) is 0 Å². The van der Waals surface area contributed by atoms with E-state index in [-0.39, 0.29) is 0 Å². The molecule has 1 saturated heterocycles. The maximum Gasteiger partial charge on any atom is 0.220 e. The van der Waals surface area contributed by atoms with Crippen molar-refractivity contribution in [3.63, 3.8) is 0 Å². The smallest absolute Gasteiger partial charge is 0.220 e. The van der Waals surface area contributed by atoms with Crippen LogP contribution in [0.5, 0.6) is 0 Å². The number of carbonyl (C=O) groups is 1. The third kappa shape index (κ3) is 3.21. The Balaban J connectivity index is 1.39. The molecule has 1 atom stereocenters. The molecule has 2 aliphatic carbocycles. The van der Waals surface area contributed by atoms with Crippen molar-refractivity contribution >= 4 is 5.91 Å². The van der Waals surface area contributed by atoms with Crippen LogP contribution in [-0.4, -0.2) is 24.5 Å². The van der Waals surface area contributed by atoms with Crippen molar-refractivity contribution in [2.45, 2.75) is 63.5 Å². The van der Waals surface area contributed by atoms with E-state index in [2.05, 4.69) is 10.6 Å². The van der Waals surface area contributed by atoms with Crippen LogP contribution in [0.25, 0.3) is 0 Å². The summed E-state index contributed by atoms with van der Waals surface area (Å²) < 4.78 is 0. The molecule has 3 rings (SSSR count). The number of amides is 1. The minimum absolute atomic E-state index is 0.294. The molecular formula is C14H24N2O. The van der Waals surface area contributed by atoms with E-state index >= 15 is 0 Å². The number of rotatable bonds is 6. The van der Waals surface area contributed by atoms with E-state index in [9.17, 15) is 4.79 Å². The Bertz CT molecular complexity index is 266. The average molecular weight is 236 g/mol. The number of nitrogens with one attached hydrogen (secondary N) is 2. The second-order valence-electron chi connectivity index (χ2n) is 6.10. The van der Waals surface area contributed by atoms with E-state index in [0.717, 1.165) is 24.8 Å². The summed E-state index contributed by atoms with van der Waals surface area (Å²) in [5, 5.41) is 6.75. The van der Waals surface area contributed by atoms with Crippen LogP contribution < -0.4 is 10.6 Å². The summed E-state index contributed by atoms with van der Waals surface area (Å²) in [7, 11) is 0. The summed E-state index contributed by atoms with van der Waals surface area (Å²) in [6, 6.07) is 1.13. The molecule has 1 heterocycles. The maximum atomic E-state index is 11.9. The largest absolute Gasteiger partial charge is 0.353 e. The zero-order valence-corrected chi connectivity index (χ0v) is 10.6. The molecule has 2 N–H and O–H groups in total. The predicted molar refractivity (Wildman–Crippen MR) is 67.6 cm³/mol. The SMILES string of the molecule is O=C(CCC1CCCN1)NC(C1CC1)C1CC1. The van der Waals surface area contributed by atoms with Gasteiger partial charge in [0.2, 0.25) is 5.91 Å². The lowest BCUT2D eigenvalue weighted by Gasteiger charge is -2.18. The zero-order valence-electron chi connectivity index (χ0n) is 10.6. The lowest BCUT2D eigenvalue weighted by Crippen LogP contribution is -2.38. The van der Waals surface area contributed by atoms with E-state index in [1.54, 1.807) is 0 Å². The van der Waals surface area contributed by atoms with E-state index in [0.29, 0.717) is 24.4 Å². The van der Waals surface area contributed by atoms with Crippen molar-refractivity contribution in [3.05, 3.63) is 0 Å². The molecule has 1 unspecified atom stereocenters.